The Morgan fingerprint density at radius 3 is 2.19 bits per heavy atom. The minimum atomic E-state index is 0.179. The highest BCUT2D eigenvalue weighted by atomic mass is 16.5. The van der Waals surface area contributed by atoms with Crippen LogP contribution in [0, 0.1) is 38.9 Å². The van der Waals surface area contributed by atoms with Crippen molar-refractivity contribution in [2.45, 2.75) is 138 Å². The average molecular weight is 427 g/mol. The van der Waals surface area contributed by atoms with Gasteiger partial charge in [0.2, 0.25) is 0 Å². The molecule has 2 saturated heterocycles. The lowest BCUT2D eigenvalue weighted by atomic mass is 9.33. The van der Waals surface area contributed by atoms with E-state index in [0.717, 1.165) is 11.8 Å². The van der Waals surface area contributed by atoms with E-state index in [1.807, 2.05) is 0 Å². The first-order valence-corrected chi connectivity index (χ1v) is 13.6. The van der Waals surface area contributed by atoms with Crippen molar-refractivity contribution in [3.63, 3.8) is 0 Å². The molecule has 0 radical (unpaired) electrons. The number of hydrogen-bond acceptors (Lipinski definition) is 1. The third-order valence-corrected chi connectivity index (χ3v) is 12.6. The molecule has 1 nitrogen and oxygen atoms in total. The molecule has 0 amide bonds. The molecule has 0 N–H and O–H groups in total. The van der Waals surface area contributed by atoms with Crippen molar-refractivity contribution >= 4 is 0 Å². The SMILES string of the molecule is CC(C)=CCC[C@]1(C)CC[C@]2(C)[C@H]3CC[C@@H]4C(C)(C)[C@@H]5CC[C@]4(O5)[C@]3(C)CC[C@]2(C)C1. The topological polar surface area (TPSA) is 9.23 Å². The van der Waals surface area contributed by atoms with Crippen LogP contribution in [0.1, 0.15) is 126 Å². The summed E-state index contributed by atoms with van der Waals surface area (Å²) >= 11 is 0. The Morgan fingerprint density at radius 2 is 1.48 bits per heavy atom. The van der Waals surface area contributed by atoms with Gasteiger partial charge >= 0.3 is 0 Å². The molecule has 31 heavy (non-hydrogen) atoms. The van der Waals surface area contributed by atoms with Gasteiger partial charge in [-0.2, -0.15) is 0 Å². The van der Waals surface area contributed by atoms with Gasteiger partial charge in [-0.05, 0) is 118 Å². The van der Waals surface area contributed by atoms with E-state index in [1.54, 1.807) is 0 Å². The fraction of sp³-hybridized carbons (Fsp3) is 0.933. The number of allylic oxidation sites excluding steroid dienone is 2. The Morgan fingerprint density at radius 1 is 0.806 bits per heavy atom. The number of fused-ring (bicyclic) bond motifs is 4. The third-order valence-electron chi connectivity index (χ3n) is 12.6. The first kappa shape index (κ1) is 22.5. The second-order valence-electron chi connectivity index (χ2n) is 14.7. The van der Waals surface area contributed by atoms with Crippen molar-refractivity contribution in [3.05, 3.63) is 11.6 Å². The molecular weight excluding hydrogens is 376 g/mol. The van der Waals surface area contributed by atoms with Gasteiger partial charge in [0.25, 0.3) is 0 Å². The minimum absolute atomic E-state index is 0.179. The maximum absolute atomic E-state index is 7.12. The normalized spacial score (nSPS) is 54.6. The molecule has 8 atom stereocenters. The average Bonchev–Trinajstić information content (AvgIpc) is 3.20. The summed E-state index contributed by atoms with van der Waals surface area (Å²) in [7, 11) is 0. The van der Waals surface area contributed by atoms with Crippen LogP contribution < -0.4 is 0 Å². The molecule has 176 valence electrons. The van der Waals surface area contributed by atoms with Crippen molar-refractivity contribution in [2.24, 2.45) is 38.9 Å². The zero-order valence-corrected chi connectivity index (χ0v) is 22.0. The molecule has 5 rings (SSSR count). The van der Waals surface area contributed by atoms with Gasteiger partial charge in [0.05, 0.1) is 11.7 Å². The van der Waals surface area contributed by atoms with Crippen LogP contribution in [0.3, 0.4) is 0 Å². The van der Waals surface area contributed by atoms with Crippen LogP contribution in [0.15, 0.2) is 11.6 Å². The lowest BCUT2D eigenvalue weighted by Crippen LogP contribution is -2.67. The molecular formula is C30H50O. The summed E-state index contributed by atoms with van der Waals surface area (Å²) in [5, 5.41) is 0. The minimum Gasteiger partial charge on any atom is -0.370 e. The van der Waals surface area contributed by atoms with Gasteiger partial charge < -0.3 is 4.74 Å². The molecule has 2 heterocycles. The van der Waals surface area contributed by atoms with E-state index in [0.29, 0.717) is 33.2 Å². The second-order valence-corrected chi connectivity index (χ2v) is 14.7. The Bertz CT molecular complexity index is 775. The zero-order chi connectivity index (χ0) is 22.5. The Labute approximate surface area is 193 Å². The lowest BCUT2D eigenvalue weighted by molar-refractivity contribution is -0.249. The zero-order valence-electron chi connectivity index (χ0n) is 22.0. The molecule has 0 aromatic rings. The van der Waals surface area contributed by atoms with Crippen LogP contribution in [-0.2, 0) is 4.74 Å². The van der Waals surface area contributed by atoms with Gasteiger partial charge in [-0.25, -0.2) is 0 Å². The van der Waals surface area contributed by atoms with Crippen LogP contribution in [0.4, 0.5) is 0 Å². The van der Waals surface area contributed by atoms with E-state index in [-0.39, 0.29) is 5.60 Å². The number of rotatable bonds is 3. The molecule has 5 aliphatic rings. The Hall–Kier alpha value is -0.300. The molecule has 3 aliphatic carbocycles. The van der Waals surface area contributed by atoms with Crippen LogP contribution in [0.25, 0.3) is 0 Å². The van der Waals surface area contributed by atoms with Crippen molar-refractivity contribution in [1.82, 2.24) is 0 Å². The van der Waals surface area contributed by atoms with Gasteiger partial charge in [0.15, 0.2) is 0 Å². The van der Waals surface area contributed by atoms with Crippen molar-refractivity contribution in [3.8, 4) is 0 Å². The molecule has 2 bridgehead atoms. The summed E-state index contributed by atoms with van der Waals surface area (Å²) in [5.41, 5.74) is 3.90. The van der Waals surface area contributed by atoms with E-state index in [9.17, 15) is 0 Å². The van der Waals surface area contributed by atoms with E-state index in [1.165, 1.54) is 76.2 Å². The molecule has 1 spiro atoms. The largest absolute Gasteiger partial charge is 0.370 e. The maximum atomic E-state index is 7.12. The highest BCUT2D eigenvalue weighted by Gasteiger charge is 2.76. The quantitative estimate of drug-likeness (QED) is 0.410. The van der Waals surface area contributed by atoms with Crippen molar-refractivity contribution in [1.29, 1.82) is 0 Å². The summed E-state index contributed by atoms with van der Waals surface area (Å²) < 4.78 is 7.12. The number of ether oxygens (including phenoxy) is 1. The molecule has 1 heteroatoms. The van der Waals surface area contributed by atoms with E-state index in [2.05, 4.69) is 61.5 Å². The Kier molecular flexibility index (Phi) is 4.82. The summed E-state index contributed by atoms with van der Waals surface area (Å²) in [6, 6.07) is 0. The van der Waals surface area contributed by atoms with E-state index >= 15 is 0 Å². The van der Waals surface area contributed by atoms with Crippen molar-refractivity contribution in [2.75, 3.05) is 0 Å². The number of hydrogen-bond donors (Lipinski definition) is 0. The lowest BCUT2D eigenvalue weighted by Gasteiger charge is -2.71. The molecule has 0 aromatic carbocycles. The highest BCUT2D eigenvalue weighted by molar-refractivity contribution is 5.24. The monoisotopic (exact) mass is 426 g/mol. The maximum Gasteiger partial charge on any atom is 0.0777 e. The van der Waals surface area contributed by atoms with Crippen LogP contribution in [0.2, 0.25) is 0 Å². The van der Waals surface area contributed by atoms with Gasteiger partial charge in [-0.1, -0.05) is 53.2 Å². The second kappa shape index (κ2) is 6.64. The van der Waals surface area contributed by atoms with Crippen molar-refractivity contribution < 1.29 is 4.74 Å². The van der Waals surface area contributed by atoms with E-state index in [4.69, 9.17) is 4.74 Å². The van der Waals surface area contributed by atoms with Gasteiger partial charge in [0, 0.05) is 5.41 Å². The molecule has 5 fully saturated rings. The highest BCUT2D eigenvalue weighted by Crippen LogP contribution is 2.78. The van der Waals surface area contributed by atoms with E-state index < -0.39 is 0 Å². The first-order chi connectivity index (χ1) is 14.3. The smallest absolute Gasteiger partial charge is 0.0777 e. The van der Waals surface area contributed by atoms with Gasteiger partial charge in [-0.15, -0.1) is 0 Å². The van der Waals surface area contributed by atoms with Gasteiger partial charge in [-0.3, -0.25) is 0 Å². The standard InChI is InChI=1S/C30H50O/c1-21(2)10-9-14-26(5)16-18-28(7)23-12-11-22-25(3,4)24-13-15-30(22,31-24)29(23,8)19-17-27(28,6)20-26/h10,22-24H,9,11-20H2,1-8H3/t22-,23-,24+,26-,27-,28-,29-,30-/m1/s1. The summed E-state index contributed by atoms with van der Waals surface area (Å²) in [4.78, 5) is 0. The molecule has 0 unspecified atom stereocenters. The molecule has 0 aromatic heterocycles. The molecule has 3 saturated carbocycles. The fourth-order valence-electron chi connectivity index (χ4n) is 10.6. The van der Waals surface area contributed by atoms with Gasteiger partial charge in [0.1, 0.15) is 0 Å². The predicted molar refractivity (Wildman–Crippen MR) is 131 cm³/mol. The fourth-order valence-corrected chi connectivity index (χ4v) is 10.6. The summed E-state index contributed by atoms with van der Waals surface area (Å²) in [6.45, 7) is 20.3. The Balaban J connectivity index is 1.45. The third kappa shape index (κ3) is 2.77. The van der Waals surface area contributed by atoms with Crippen LogP contribution in [-0.4, -0.2) is 11.7 Å². The summed E-state index contributed by atoms with van der Waals surface area (Å²) in [6.07, 6.45) is 18.2. The van der Waals surface area contributed by atoms with Crippen LogP contribution in [0.5, 0.6) is 0 Å². The predicted octanol–water partition coefficient (Wildman–Crippen LogP) is 8.72. The summed E-state index contributed by atoms with van der Waals surface area (Å²) in [5.74, 6) is 1.62. The first-order valence-electron chi connectivity index (χ1n) is 13.6. The van der Waals surface area contributed by atoms with Crippen LogP contribution >= 0.6 is 0 Å². The molecule has 2 aliphatic heterocycles.